The normalized spacial score (nSPS) is 21.1. The lowest BCUT2D eigenvalue weighted by Crippen LogP contribution is -2.17. The maximum absolute atomic E-state index is 9.26. The van der Waals surface area contributed by atoms with Crippen LogP contribution in [0.25, 0.3) is 22.3 Å². The van der Waals surface area contributed by atoms with Crippen LogP contribution in [0.4, 0.5) is 0 Å². The van der Waals surface area contributed by atoms with Gasteiger partial charge in [-0.25, -0.2) is 9.97 Å². The molecule has 0 spiro atoms. The zero-order valence-corrected chi connectivity index (χ0v) is 14.5. The molecule has 0 bridgehead atoms. The zero-order valence-electron chi connectivity index (χ0n) is 14.5. The number of nitrogens with zero attached hydrogens (tertiary/aromatic N) is 6. The van der Waals surface area contributed by atoms with E-state index in [0.717, 1.165) is 28.8 Å². The van der Waals surface area contributed by atoms with E-state index >= 15 is 0 Å². The second-order valence-electron chi connectivity index (χ2n) is 7.29. The smallest absolute Gasteiger partial charge is 0.145 e. The Bertz CT molecular complexity index is 969. The molecule has 132 valence electrons. The summed E-state index contributed by atoms with van der Waals surface area (Å²) in [6, 6.07) is 4.58. The number of hydrogen-bond donors (Lipinski definition) is 1. The van der Waals surface area contributed by atoms with Crippen LogP contribution in [0, 0.1) is 17.2 Å². The van der Waals surface area contributed by atoms with Crippen molar-refractivity contribution >= 4 is 11.0 Å². The van der Waals surface area contributed by atoms with Gasteiger partial charge in [-0.2, -0.15) is 10.4 Å². The molecule has 1 saturated carbocycles. The van der Waals surface area contributed by atoms with Crippen LogP contribution in [-0.2, 0) is 0 Å². The Kier molecular flexibility index (Phi) is 3.71. The van der Waals surface area contributed by atoms with Crippen LogP contribution in [0.3, 0.4) is 0 Å². The quantitative estimate of drug-likeness (QED) is 0.716. The van der Waals surface area contributed by atoms with Crippen LogP contribution in [0.15, 0.2) is 31.0 Å². The third-order valence-corrected chi connectivity index (χ3v) is 5.69. The van der Waals surface area contributed by atoms with E-state index in [1.165, 1.54) is 25.7 Å². The van der Waals surface area contributed by atoms with Crippen molar-refractivity contribution in [2.45, 2.75) is 44.3 Å². The van der Waals surface area contributed by atoms with Gasteiger partial charge in [0.2, 0.25) is 0 Å². The number of aromatic nitrogens is 5. The summed E-state index contributed by atoms with van der Waals surface area (Å²) < 4.78 is 4.14. The van der Waals surface area contributed by atoms with Gasteiger partial charge in [-0.3, -0.25) is 10.00 Å². The summed E-state index contributed by atoms with van der Waals surface area (Å²) >= 11 is 0. The first-order valence-electron chi connectivity index (χ1n) is 9.31. The van der Waals surface area contributed by atoms with Crippen molar-refractivity contribution in [3.05, 3.63) is 31.0 Å². The van der Waals surface area contributed by atoms with E-state index in [2.05, 4.69) is 49.5 Å². The van der Waals surface area contributed by atoms with E-state index < -0.39 is 0 Å². The Labute approximate surface area is 151 Å². The predicted molar refractivity (Wildman–Crippen MR) is 97.0 cm³/mol. The molecule has 1 aliphatic heterocycles. The molecule has 1 unspecified atom stereocenters. The van der Waals surface area contributed by atoms with E-state index in [9.17, 15) is 5.26 Å². The van der Waals surface area contributed by atoms with Crippen LogP contribution in [-0.4, -0.2) is 30.9 Å². The van der Waals surface area contributed by atoms with Crippen LogP contribution in [0.2, 0.25) is 0 Å². The molecular weight excluding hydrogens is 326 g/mol. The average Bonchev–Trinajstić information content (AvgIpc) is 3.11. The first-order chi connectivity index (χ1) is 12.8. The van der Waals surface area contributed by atoms with Gasteiger partial charge in [-0.1, -0.05) is 12.8 Å². The molecule has 7 nitrogen and oxygen atoms in total. The van der Waals surface area contributed by atoms with Gasteiger partial charge in [-0.05, 0) is 24.8 Å². The fourth-order valence-corrected chi connectivity index (χ4v) is 4.26. The summed E-state index contributed by atoms with van der Waals surface area (Å²) in [6.45, 7) is 0.984. The lowest BCUT2D eigenvalue weighted by molar-refractivity contribution is 0.315. The van der Waals surface area contributed by atoms with Crippen molar-refractivity contribution in [2.24, 2.45) is 5.92 Å². The van der Waals surface area contributed by atoms with E-state index in [1.54, 1.807) is 6.33 Å². The Morgan fingerprint density at radius 3 is 2.92 bits per heavy atom. The standard InChI is InChI=1S/C19H21N7/c20-7-5-16(13-3-1-2-4-13)26-11-14(9-24-26)18-15-6-8-25(17-10-21-17)19(15)23-12-22-18/h6,8-9,11-13,16-17,21H,1-5,10H2/t16-,17?/m1/s1. The Balaban J connectivity index is 1.51. The predicted octanol–water partition coefficient (Wildman–Crippen LogP) is 3.04. The van der Waals surface area contributed by atoms with Crippen LogP contribution >= 0.6 is 0 Å². The van der Waals surface area contributed by atoms with Crippen molar-refractivity contribution < 1.29 is 0 Å². The Morgan fingerprint density at radius 1 is 1.31 bits per heavy atom. The minimum atomic E-state index is 0.161. The second kappa shape index (κ2) is 6.22. The maximum atomic E-state index is 9.26. The first-order valence-corrected chi connectivity index (χ1v) is 9.31. The van der Waals surface area contributed by atoms with E-state index in [0.29, 0.717) is 18.5 Å². The summed E-state index contributed by atoms with van der Waals surface area (Å²) in [6.07, 6.45) is 13.4. The summed E-state index contributed by atoms with van der Waals surface area (Å²) in [7, 11) is 0. The molecule has 0 radical (unpaired) electrons. The van der Waals surface area contributed by atoms with E-state index in [-0.39, 0.29) is 6.04 Å². The highest BCUT2D eigenvalue weighted by Gasteiger charge is 2.28. The minimum Gasteiger partial charge on any atom is -0.315 e. The molecule has 26 heavy (non-hydrogen) atoms. The van der Waals surface area contributed by atoms with Crippen LogP contribution < -0.4 is 5.32 Å². The molecule has 2 aliphatic rings. The van der Waals surface area contributed by atoms with Gasteiger partial charge < -0.3 is 4.57 Å². The molecule has 4 heterocycles. The monoisotopic (exact) mass is 347 g/mol. The van der Waals surface area contributed by atoms with Crippen molar-refractivity contribution in [1.29, 1.82) is 5.26 Å². The lowest BCUT2D eigenvalue weighted by Gasteiger charge is -2.21. The molecular formula is C19H21N7. The third-order valence-electron chi connectivity index (χ3n) is 5.69. The van der Waals surface area contributed by atoms with Crippen LogP contribution in [0.5, 0.6) is 0 Å². The molecule has 2 fully saturated rings. The molecule has 1 saturated heterocycles. The van der Waals surface area contributed by atoms with Gasteiger partial charge in [0, 0.05) is 29.9 Å². The number of fused-ring (bicyclic) bond motifs is 1. The van der Waals surface area contributed by atoms with Gasteiger partial charge in [0.1, 0.15) is 12.0 Å². The molecule has 0 aromatic carbocycles. The molecule has 2 atom stereocenters. The Morgan fingerprint density at radius 2 is 2.15 bits per heavy atom. The fourth-order valence-electron chi connectivity index (χ4n) is 4.26. The number of nitrogens with one attached hydrogen (secondary N) is 1. The third kappa shape index (κ3) is 2.58. The number of rotatable bonds is 5. The summed E-state index contributed by atoms with van der Waals surface area (Å²) in [5.74, 6) is 0.551. The largest absolute Gasteiger partial charge is 0.315 e. The number of hydrogen-bond acceptors (Lipinski definition) is 5. The molecule has 1 aliphatic carbocycles. The molecule has 0 amide bonds. The van der Waals surface area contributed by atoms with Gasteiger partial charge in [0.15, 0.2) is 0 Å². The van der Waals surface area contributed by atoms with Gasteiger partial charge in [0.25, 0.3) is 0 Å². The SMILES string of the molecule is N#CC[C@H](C1CCCC1)n1cc(-c2ncnc3c2ccn3C2CN2)cn1. The molecule has 5 rings (SSSR count). The molecule has 1 N–H and O–H groups in total. The summed E-state index contributed by atoms with van der Waals surface area (Å²) in [4.78, 5) is 8.99. The highest BCUT2D eigenvalue weighted by molar-refractivity contribution is 5.90. The minimum absolute atomic E-state index is 0.161. The summed E-state index contributed by atoms with van der Waals surface area (Å²) in [5, 5.41) is 18.2. The molecule has 3 aromatic heterocycles. The van der Waals surface area contributed by atoms with E-state index in [4.69, 9.17) is 0 Å². The van der Waals surface area contributed by atoms with Crippen molar-refractivity contribution in [1.82, 2.24) is 29.6 Å². The van der Waals surface area contributed by atoms with Gasteiger partial charge >= 0.3 is 0 Å². The topological polar surface area (TPSA) is 94.3 Å². The van der Waals surface area contributed by atoms with Gasteiger partial charge in [0.05, 0.1) is 36.6 Å². The Hall–Kier alpha value is -2.72. The van der Waals surface area contributed by atoms with E-state index in [1.807, 2.05) is 10.9 Å². The lowest BCUT2D eigenvalue weighted by atomic mass is 9.96. The zero-order chi connectivity index (χ0) is 17.5. The second-order valence-corrected chi connectivity index (χ2v) is 7.29. The summed E-state index contributed by atoms with van der Waals surface area (Å²) in [5.41, 5.74) is 2.84. The van der Waals surface area contributed by atoms with Crippen molar-refractivity contribution in [2.75, 3.05) is 6.54 Å². The average molecular weight is 347 g/mol. The van der Waals surface area contributed by atoms with Crippen LogP contribution in [0.1, 0.15) is 44.3 Å². The van der Waals surface area contributed by atoms with Crippen molar-refractivity contribution in [3.63, 3.8) is 0 Å². The highest BCUT2D eigenvalue weighted by atomic mass is 15.3. The van der Waals surface area contributed by atoms with Gasteiger partial charge in [-0.15, -0.1) is 0 Å². The molecule has 3 aromatic rings. The highest BCUT2D eigenvalue weighted by Crippen LogP contribution is 2.37. The van der Waals surface area contributed by atoms with Crippen molar-refractivity contribution in [3.8, 4) is 17.3 Å². The first kappa shape index (κ1) is 15.5. The maximum Gasteiger partial charge on any atom is 0.145 e. The fraction of sp³-hybridized carbons (Fsp3) is 0.474. The number of nitriles is 1. The molecule has 7 heteroatoms.